The third kappa shape index (κ3) is 5.22. The highest BCUT2D eigenvalue weighted by Crippen LogP contribution is 2.17. The summed E-state index contributed by atoms with van der Waals surface area (Å²) < 4.78 is 31.2. The van der Waals surface area contributed by atoms with E-state index in [1.54, 1.807) is 0 Å². The van der Waals surface area contributed by atoms with Crippen molar-refractivity contribution in [2.24, 2.45) is 11.7 Å². The number of hydrogen-bond donors (Lipinski definition) is 2. The zero-order valence-electron chi connectivity index (χ0n) is 11.5. The first-order chi connectivity index (χ1) is 9.56. The molecule has 0 aromatic heterocycles. The van der Waals surface area contributed by atoms with Gasteiger partial charge < -0.3 is 15.8 Å². The second-order valence-corrected chi connectivity index (χ2v) is 4.97. The molecular weight excluding hydrogens is 302 g/mol. The van der Waals surface area contributed by atoms with Gasteiger partial charge in [0.05, 0.1) is 6.04 Å². The Kier molecular flexibility index (Phi) is 7.01. The fourth-order valence-corrected chi connectivity index (χ4v) is 2.31. The average Bonchev–Trinajstić information content (AvgIpc) is 2.44. The van der Waals surface area contributed by atoms with Crippen LogP contribution in [0, 0.1) is 17.6 Å². The van der Waals surface area contributed by atoms with E-state index in [2.05, 4.69) is 5.32 Å². The highest BCUT2D eigenvalue weighted by Gasteiger charge is 2.26. The number of carbonyl (C=O) groups is 1. The molecule has 1 unspecified atom stereocenters. The number of ether oxygens (including phenoxy) is 1. The lowest BCUT2D eigenvalue weighted by Crippen LogP contribution is -2.46. The van der Waals surface area contributed by atoms with Gasteiger partial charge in [0.2, 0.25) is 5.91 Å². The Hall–Kier alpha value is -1.24. The molecule has 0 saturated carbocycles. The molecular formula is C14H19ClF2N2O2. The van der Waals surface area contributed by atoms with Gasteiger partial charge in [-0.2, -0.15) is 0 Å². The van der Waals surface area contributed by atoms with Crippen molar-refractivity contribution in [2.45, 2.75) is 25.4 Å². The van der Waals surface area contributed by atoms with Crippen molar-refractivity contribution in [2.75, 3.05) is 13.2 Å². The van der Waals surface area contributed by atoms with Crippen molar-refractivity contribution in [3.8, 4) is 0 Å². The van der Waals surface area contributed by atoms with Gasteiger partial charge in [0.1, 0.15) is 11.6 Å². The minimum absolute atomic E-state index is 0. The minimum atomic E-state index is -0.664. The summed E-state index contributed by atoms with van der Waals surface area (Å²) in [6, 6.07) is 2.54. The summed E-state index contributed by atoms with van der Waals surface area (Å²) >= 11 is 0. The molecule has 4 nitrogen and oxygen atoms in total. The van der Waals surface area contributed by atoms with Crippen LogP contribution in [-0.4, -0.2) is 25.2 Å². The smallest absolute Gasteiger partial charge is 0.237 e. The van der Waals surface area contributed by atoms with Gasteiger partial charge in [0, 0.05) is 25.8 Å². The molecule has 0 spiro atoms. The fourth-order valence-electron chi connectivity index (χ4n) is 2.31. The number of hydrogen-bond acceptors (Lipinski definition) is 3. The van der Waals surface area contributed by atoms with Crippen LogP contribution in [0.15, 0.2) is 18.2 Å². The lowest BCUT2D eigenvalue weighted by molar-refractivity contribution is -0.124. The van der Waals surface area contributed by atoms with Crippen LogP contribution >= 0.6 is 12.4 Å². The molecule has 2 rings (SSSR count). The molecule has 118 valence electrons. The number of halogens is 3. The van der Waals surface area contributed by atoms with Crippen molar-refractivity contribution in [3.05, 3.63) is 35.4 Å². The molecule has 0 aliphatic carbocycles. The fraction of sp³-hybridized carbons (Fsp3) is 0.500. The molecule has 0 radical (unpaired) electrons. The largest absolute Gasteiger partial charge is 0.381 e. The van der Waals surface area contributed by atoms with Crippen molar-refractivity contribution in [1.29, 1.82) is 0 Å². The highest BCUT2D eigenvalue weighted by molar-refractivity contribution is 5.85. The van der Waals surface area contributed by atoms with Crippen LogP contribution in [0.1, 0.15) is 18.4 Å². The van der Waals surface area contributed by atoms with E-state index < -0.39 is 17.7 Å². The summed E-state index contributed by atoms with van der Waals surface area (Å²) in [5, 5.41) is 2.61. The second-order valence-electron chi connectivity index (χ2n) is 4.97. The average molecular weight is 321 g/mol. The Balaban J connectivity index is 0.00000220. The Morgan fingerprint density at radius 3 is 2.43 bits per heavy atom. The van der Waals surface area contributed by atoms with Gasteiger partial charge >= 0.3 is 0 Å². The molecule has 1 aromatic carbocycles. The number of rotatable bonds is 4. The molecule has 1 atom stereocenters. The van der Waals surface area contributed by atoms with Crippen LogP contribution in [-0.2, 0) is 16.1 Å². The Morgan fingerprint density at radius 1 is 1.29 bits per heavy atom. The number of amides is 1. The summed E-state index contributed by atoms with van der Waals surface area (Å²) in [4.78, 5) is 11.9. The van der Waals surface area contributed by atoms with Crippen LogP contribution in [0.2, 0.25) is 0 Å². The molecule has 1 heterocycles. The van der Waals surface area contributed by atoms with E-state index in [0.29, 0.717) is 18.8 Å². The normalized spacial score (nSPS) is 16.9. The maximum atomic E-state index is 13.0. The van der Waals surface area contributed by atoms with Crippen LogP contribution in [0.3, 0.4) is 0 Å². The molecule has 21 heavy (non-hydrogen) atoms. The summed E-state index contributed by atoms with van der Waals surface area (Å²) in [5.74, 6) is -1.54. The monoisotopic (exact) mass is 320 g/mol. The van der Waals surface area contributed by atoms with Gasteiger partial charge in [-0.1, -0.05) is 0 Å². The van der Waals surface area contributed by atoms with E-state index in [0.717, 1.165) is 18.9 Å². The Bertz CT molecular complexity index is 462. The molecule has 1 amide bonds. The van der Waals surface area contributed by atoms with Crippen LogP contribution in [0.25, 0.3) is 0 Å². The van der Waals surface area contributed by atoms with Crippen molar-refractivity contribution in [3.63, 3.8) is 0 Å². The maximum absolute atomic E-state index is 13.0. The van der Waals surface area contributed by atoms with Crippen LogP contribution < -0.4 is 11.1 Å². The zero-order valence-corrected chi connectivity index (χ0v) is 12.3. The summed E-state index contributed by atoms with van der Waals surface area (Å²) in [6.07, 6.45) is 1.51. The summed E-state index contributed by atoms with van der Waals surface area (Å²) in [7, 11) is 0. The summed E-state index contributed by atoms with van der Waals surface area (Å²) in [6.45, 7) is 1.28. The third-order valence-corrected chi connectivity index (χ3v) is 3.47. The van der Waals surface area contributed by atoms with Crippen LogP contribution in [0.4, 0.5) is 8.78 Å². The molecule has 1 aliphatic heterocycles. The van der Waals surface area contributed by atoms with Crippen LogP contribution in [0.5, 0.6) is 0 Å². The molecule has 0 bridgehead atoms. The molecule has 1 aromatic rings. The molecule has 1 saturated heterocycles. The third-order valence-electron chi connectivity index (χ3n) is 3.47. The predicted molar refractivity (Wildman–Crippen MR) is 77.0 cm³/mol. The molecule has 1 aliphatic rings. The first kappa shape index (κ1) is 17.8. The zero-order chi connectivity index (χ0) is 14.5. The standard InChI is InChI=1S/C14H18F2N2O2.ClH/c15-11-5-9(6-12(16)7-11)8-18-14(19)13(17)10-1-3-20-4-2-10;/h5-7,10,13H,1-4,8,17H2,(H,18,19);1H. The van der Waals surface area contributed by atoms with E-state index >= 15 is 0 Å². The molecule has 3 N–H and O–H groups in total. The van der Waals surface area contributed by atoms with E-state index in [-0.39, 0.29) is 30.8 Å². The second kappa shape index (κ2) is 8.26. The van der Waals surface area contributed by atoms with Gasteiger partial charge in [-0.15, -0.1) is 12.4 Å². The van der Waals surface area contributed by atoms with Gasteiger partial charge in [0.15, 0.2) is 0 Å². The quantitative estimate of drug-likeness (QED) is 0.888. The lowest BCUT2D eigenvalue weighted by Gasteiger charge is -2.26. The Labute approximate surface area is 128 Å². The van der Waals surface area contributed by atoms with E-state index in [9.17, 15) is 13.6 Å². The Morgan fingerprint density at radius 2 is 1.86 bits per heavy atom. The SMILES string of the molecule is Cl.NC(C(=O)NCc1cc(F)cc(F)c1)C1CCOCC1. The highest BCUT2D eigenvalue weighted by atomic mass is 35.5. The van der Waals surface area contributed by atoms with Gasteiger partial charge in [0.25, 0.3) is 0 Å². The minimum Gasteiger partial charge on any atom is -0.381 e. The van der Waals surface area contributed by atoms with Crippen molar-refractivity contribution in [1.82, 2.24) is 5.32 Å². The first-order valence-electron chi connectivity index (χ1n) is 6.62. The van der Waals surface area contributed by atoms with Gasteiger partial charge in [-0.25, -0.2) is 8.78 Å². The number of benzene rings is 1. The topological polar surface area (TPSA) is 64.4 Å². The van der Waals surface area contributed by atoms with Crippen molar-refractivity contribution >= 4 is 18.3 Å². The lowest BCUT2D eigenvalue weighted by atomic mass is 9.92. The number of nitrogens with one attached hydrogen (secondary N) is 1. The van der Waals surface area contributed by atoms with Gasteiger partial charge in [-0.05, 0) is 36.5 Å². The maximum Gasteiger partial charge on any atom is 0.237 e. The first-order valence-corrected chi connectivity index (χ1v) is 6.62. The van der Waals surface area contributed by atoms with E-state index in [4.69, 9.17) is 10.5 Å². The van der Waals surface area contributed by atoms with E-state index in [1.807, 2.05) is 0 Å². The molecule has 7 heteroatoms. The predicted octanol–water partition coefficient (Wildman–Crippen LogP) is 1.76. The number of nitrogens with two attached hydrogens (primary N) is 1. The van der Waals surface area contributed by atoms with Gasteiger partial charge in [-0.3, -0.25) is 4.79 Å². The van der Waals surface area contributed by atoms with E-state index in [1.165, 1.54) is 12.1 Å². The van der Waals surface area contributed by atoms with Crippen molar-refractivity contribution < 1.29 is 18.3 Å². The number of carbonyl (C=O) groups excluding carboxylic acids is 1. The summed E-state index contributed by atoms with van der Waals surface area (Å²) in [5.41, 5.74) is 6.27. The molecule has 1 fully saturated rings.